The van der Waals surface area contributed by atoms with Gasteiger partial charge in [0, 0.05) is 49.3 Å². The van der Waals surface area contributed by atoms with E-state index in [1.54, 1.807) is 0 Å². The lowest BCUT2D eigenvalue weighted by atomic mass is 9.93. The van der Waals surface area contributed by atoms with E-state index >= 15 is 0 Å². The van der Waals surface area contributed by atoms with E-state index in [-0.39, 0.29) is 0 Å². The summed E-state index contributed by atoms with van der Waals surface area (Å²) < 4.78 is 13.6. The van der Waals surface area contributed by atoms with Crippen LogP contribution in [0.5, 0.6) is 0 Å². The van der Waals surface area contributed by atoms with Gasteiger partial charge in [0.1, 0.15) is 11.2 Å². The lowest BCUT2D eigenvalue weighted by Crippen LogP contribution is -2.02. The predicted octanol–water partition coefficient (Wildman–Crippen LogP) is 16.0. The highest BCUT2D eigenvalue weighted by Gasteiger charge is 2.23. The maximum Gasteiger partial charge on any atom is 0.168 e. The van der Waals surface area contributed by atoms with Crippen molar-refractivity contribution < 1.29 is 4.42 Å². The van der Waals surface area contributed by atoms with Gasteiger partial charge in [-0.2, -0.15) is 0 Å². The van der Waals surface area contributed by atoms with Gasteiger partial charge < -0.3 is 13.6 Å². The van der Waals surface area contributed by atoms with E-state index in [0.717, 1.165) is 111 Å². The first-order valence-corrected chi connectivity index (χ1v) is 23.0. The van der Waals surface area contributed by atoms with Crippen LogP contribution in [0.15, 0.2) is 241 Å². The molecule has 0 unspecified atom stereocenters. The zero-order valence-corrected chi connectivity index (χ0v) is 36.7. The molecule has 318 valence electrons. The average Bonchev–Trinajstić information content (AvgIpc) is 4.19. The Morgan fingerprint density at radius 1 is 0.309 bits per heavy atom. The first kappa shape index (κ1) is 38.1. The molecule has 0 saturated carbocycles. The van der Waals surface area contributed by atoms with Gasteiger partial charge in [-0.15, -0.1) is 10.2 Å². The van der Waals surface area contributed by atoms with Gasteiger partial charge in [0.05, 0.1) is 38.8 Å². The first-order chi connectivity index (χ1) is 33.8. The normalized spacial score (nSPS) is 11.8. The number of nitrogens with zero attached hydrogens (tertiary/aromatic N) is 5. The summed E-state index contributed by atoms with van der Waals surface area (Å²) in [5.74, 6) is 1.57. The molecule has 0 aliphatic carbocycles. The largest absolute Gasteiger partial charge is 0.455 e. The molecule has 4 aromatic heterocycles. The van der Waals surface area contributed by atoms with Crippen LogP contribution in [0.1, 0.15) is 0 Å². The summed E-state index contributed by atoms with van der Waals surface area (Å²) >= 11 is 0. The Morgan fingerprint density at radius 3 is 1.59 bits per heavy atom. The number of fused-ring (bicyclic) bond motifs is 10. The Bertz CT molecular complexity index is 4190. The van der Waals surface area contributed by atoms with Gasteiger partial charge in [-0.05, 0) is 77.4 Å². The van der Waals surface area contributed by atoms with Crippen molar-refractivity contribution in [1.82, 2.24) is 23.9 Å². The summed E-state index contributed by atoms with van der Waals surface area (Å²) in [7, 11) is 0. The molecule has 0 amide bonds. The van der Waals surface area contributed by atoms with Gasteiger partial charge in [0.15, 0.2) is 11.6 Å². The van der Waals surface area contributed by atoms with Crippen molar-refractivity contribution in [2.75, 3.05) is 0 Å². The van der Waals surface area contributed by atoms with Crippen molar-refractivity contribution in [2.45, 2.75) is 0 Å². The number of para-hydroxylation sites is 4. The molecule has 0 saturated heterocycles. The predicted molar refractivity (Wildman–Crippen MR) is 279 cm³/mol. The molecule has 0 spiro atoms. The number of rotatable bonds is 7. The van der Waals surface area contributed by atoms with Crippen LogP contribution >= 0.6 is 0 Å². The molecule has 6 nitrogen and oxygen atoms in total. The summed E-state index contributed by atoms with van der Waals surface area (Å²) in [5.41, 5.74) is 16.1. The van der Waals surface area contributed by atoms with Crippen LogP contribution < -0.4 is 0 Å². The van der Waals surface area contributed by atoms with Crippen LogP contribution in [0, 0.1) is 0 Å². The van der Waals surface area contributed by atoms with E-state index in [1.807, 2.05) is 42.5 Å². The van der Waals surface area contributed by atoms with Gasteiger partial charge in [-0.25, -0.2) is 0 Å². The molecule has 0 bridgehead atoms. The highest BCUT2D eigenvalue weighted by atomic mass is 16.3. The highest BCUT2D eigenvalue weighted by molar-refractivity contribution is 6.24. The molecule has 0 fully saturated rings. The number of furan rings is 1. The topological polar surface area (TPSA) is 53.7 Å². The standard InChI is InChI=1S/C62H39N5O/c1-3-17-41(18-4-1)61-63-64-62(42-19-5-2-6-20-42)66(61)44-35-36-49-48-24-10-14-28-54(48)67(57(49)39-44)53-27-13-9-23-47(53)46-22-8-7-21-45(46)40-31-33-43(34-32-40)65-55-29-15-11-26-52(55)59-56(65)38-37-51-50-25-12-16-30-58(50)68-60(51)59/h1-39H. The van der Waals surface area contributed by atoms with Crippen molar-refractivity contribution in [1.29, 1.82) is 0 Å². The van der Waals surface area contributed by atoms with Crippen LogP contribution in [0.2, 0.25) is 0 Å². The first-order valence-electron chi connectivity index (χ1n) is 23.0. The minimum Gasteiger partial charge on any atom is -0.455 e. The quantitative estimate of drug-likeness (QED) is 0.160. The fourth-order valence-corrected chi connectivity index (χ4v) is 10.6. The summed E-state index contributed by atoms with van der Waals surface area (Å²) in [4.78, 5) is 0. The van der Waals surface area contributed by atoms with E-state index in [4.69, 9.17) is 14.6 Å². The lowest BCUT2D eigenvalue weighted by molar-refractivity contribution is 0.673. The van der Waals surface area contributed by atoms with Gasteiger partial charge in [0.25, 0.3) is 0 Å². The fourth-order valence-electron chi connectivity index (χ4n) is 10.6. The Balaban J connectivity index is 0.919. The van der Waals surface area contributed by atoms with E-state index in [1.165, 1.54) is 16.2 Å². The SMILES string of the molecule is c1ccc(-c2nnc(-c3ccccc3)n2-c2ccc3c4ccccc4n(-c4ccccc4-c4ccccc4-c4ccc(-n5c6ccccc6c6c7oc8ccccc8c7ccc65)cc4)c3c2)cc1. The third-order valence-corrected chi connectivity index (χ3v) is 13.6. The monoisotopic (exact) mass is 869 g/mol. The molecule has 0 atom stereocenters. The van der Waals surface area contributed by atoms with Crippen LogP contribution in [0.4, 0.5) is 0 Å². The minimum atomic E-state index is 0.786. The Morgan fingerprint density at radius 2 is 0.853 bits per heavy atom. The van der Waals surface area contributed by atoms with Gasteiger partial charge in [-0.3, -0.25) is 4.57 Å². The molecule has 0 radical (unpaired) electrons. The maximum atomic E-state index is 6.58. The van der Waals surface area contributed by atoms with E-state index in [0.29, 0.717) is 0 Å². The molecular weight excluding hydrogens is 831 g/mol. The minimum absolute atomic E-state index is 0.786. The van der Waals surface area contributed by atoms with Crippen molar-refractivity contribution >= 4 is 65.6 Å². The Hall–Kier alpha value is -9.26. The van der Waals surface area contributed by atoms with Crippen LogP contribution in [-0.2, 0) is 0 Å². The Labute approximate surface area is 390 Å². The fraction of sp³-hybridized carbons (Fsp3) is 0. The van der Waals surface area contributed by atoms with E-state index < -0.39 is 0 Å². The summed E-state index contributed by atoms with van der Waals surface area (Å²) in [6, 6.07) is 84.1. The molecule has 0 aliphatic heterocycles. The van der Waals surface area contributed by atoms with Gasteiger partial charge in [0.2, 0.25) is 0 Å². The second-order valence-corrected chi connectivity index (χ2v) is 17.4. The summed E-state index contributed by atoms with van der Waals surface area (Å²) in [5, 5.41) is 16.5. The summed E-state index contributed by atoms with van der Waals surface area (Å²) in [6.07, 6.45) is 0. The molecule has 10 aromatic carbocycles. The third-order valence-electron chi connectivity index (χ3n) is 13.6. The second-order valence-electron chi connectivity index (χ2n) is 17.4. The number of hydrogen-bond donors (Lipinski definition) is 0. The average molecular weight is 870 g/mol. The molecule has 6 heteroatoms. The van der Waals surface area contributed by atoms with E-state index in [2.05, 4.69) is 208 Å². The smallest absolute Gasteiger partial charge is 0.168 e. The van der Waals surface area contributed by atoms with Crippen LogP contribution in [0.3, 0.4) is 0 Å². The van der Waals surface area contributed by atoms with E-state index in [9.17, 15) is 0 Å². The van der Waals surface area contributed by atoms with Crippen molar-refractivity contribution in [3.8, 4) is 62.1 Å². The molecule has 4 heterocycles. The van der Waals surface area contributed by atoms with Crippen molar-refractivity contribution in [2.24, 2.45) is 0 Å². The Kier molecular flexibility index (Phi) is 8.48. The number of hydrogen-bond acceptors (Lipinski definition) is 3. The molecular formula is C62H39N5O. The molecule has 14 rings (SSSR count). The van der Waals surface area contributed by atoms with Gasteiger partial charge in [-0.1, -0.05) is 176 Å². The number of benzene rings is 10. The maximum absolute atomic E-state index is 6.58. The van der Waals surface area contributed by atoms with Crippen molar-refractivity contribution in [3.05, 3.63) is 237 Å². The zero-order chi connectivity index (χ0) is 44.7. The van der Waals surface area contributed by atoms with Crippen LogP contribution in [-0.4, -0.2) is 23.9 Å². The third kappa shape index (κ3) is 5.77. The lowest BCUT2D eigenvalue weighted by Gasteiger charge is -2.18. The van der Waals surface area contributed by atoms with Crippen molar-refractivity contribution in [3.63, 3.8) is 0 Å². The van der Waals surface area contributed by atoms with Gasteiger partial charge >= 0.3 is 0 Å². The second kappa shape index (κ2) is 15.2. The zero-order valence-electron chi connectivity index (χ0n) is 36.7. The summed E-state index contributed by atoms with van der Waals surface area (Å²) in [6.45, 7) is 0. The molecule has 0 aliphatic rings. The van der Waals surface area contributed by atoms with Crippen LogP contribution in [0.25, 0.3) is 128 Å². The molecule has 68 heavy (non-hydrogen) atoms. The highest BCUT2D eigenvalue weighted by Crippen LogP contribution is 2.43. The molecule has 14 aromatic rings. The number of aromatic nitrogens is 5. The molecule has 0 N–H and O–H groups in total.